The third kappa shape index (κ3) is 1.44. The van der Waals surface area contributed by atoms with Crippen LogP contribution in [0.2, 0.25) is 0 Å². The number of hydrogen-bond acceptors (Lipinski definition) is 2. The van der Waals surface area contributed by atoms with Crippen molar-refractivity contribution in [2.24, 2.45) is 0 Å². The molecule has 66 valence electrons. The fraction of sp³-hybridized carbons (Fsp3) is 0.667. The molecular weight excluding hydrogens is 234 g/mol. The van der Waals surface area contributed by atoms with Crippen molar-refractivity contribution >= 4 is 27.5 Å². The van der Waals surface area contributed by atoms with Gasteiger partial charge in [0.1, 0.15) is 0 Å². The summed E-state index contributed by atoms with van der Waals surface area (Å²) in [6, 6.07) is 0. The first-order chi connectivity index (χ1) is 5.71. The van der Waals surface area contributed by atoms with Gasteiger partial charge in [0, 0.05) is 16.4 Å². The molecule has 0 bridgehead atoms. The van der Waals surface area contributed by atoms with E-state index in [1.54, 1.807) is 11.5 Å². The zero-order valence-corrected chi connectivity index (χ0v) is 9.49. The Morgan fingerprint density at radius 3 is 3.08 bits per heavy atom. The Morgan fingerprint density at radius 2 is 2.58 bits per heavy atom. The molecule has 1 aromatic rings. The summed E-state index contributed by atoms with van der Waals surface area (Å²) in [5, 5.41) is 2.19. The van der Waals surface area contributed by atoms with Crippen molar-refractivity contribution in [3.8, 4) is 0 Å². The average Bonchev–Trinajstić information content (AvgIpc) is 2.59. The molecule has 1 heterocycles. The van der Waals surface area contributed by atoms with Gasteiger partial charge < -0.3 is 0 Å². The molecule has 12 heavy (non-hydrogen) atoms. The minimum atomic E-state index is 0.390. The quantitative estimate of drug-likeness (QED) is 0.692. The van der Waals surface area contributed by atoms with Crippen molar-refractivity contribution in [2.75, 3.05) is 0 Å². The molecule has 0 N–H and O–H groups in total. The molecule has 0 spiro atoms. The van der Waals surface area contributed by atoms with Crippen LogP contribution in [0.25, 0.3) is 0 Å². The van der Waals surface area contributed by atoms with Crippen molar-refractivity contribution < 1.29 is 0 Å². The van der Waals surface area contributed by atoms with Crippen molar-refractivity contribution in [3.05, 3.63) is 17.1 Å². The largest absolute Gasteiger partial charge is 0.201 e. The van der Waals surface area contributed by atoms with Crippen molar-refractivity contribution in [3.63, 3.8) is 0 Å². The van der Waals surface area contributed by atoms with Gasteiger partial charge in [0.25, 0.3) is 0 Å². The van der Waals surface area contributed by atoms with Crippen LogP contribution in [0.1, 0.15) is 31.7 Å². The summed E-state index contributed by atoms with van der Waals surface area (Å²) >= 11 is 5.24. The standard InChI is InChI=1S/C9H12BrNS/c1-9(3-2-8(10)4-9)7-5-11-12-6-7/h5-6,8H,2-4H2,1H3. The van der Waals surface area contributed by atoms with E-state index in [1.807, 2.05) is 6.20 Å². The van der Waals surface area contributed by atoms with Gasteiger partial charge >= 0.3 is 0 Å². The minimum Gasteiger partial charge on any atom is -0.201 e. The van der Waals surface area contributed by atoms with Crippen LogP contribution in [0.3, 0.4) is 0 Å². The molecule has 0 amide bonds. The van der Waals surface area contributed by atoms with E-state index in [9.17, 15) is 0 Å². The van der Waals surface area contributed by atoms with Gasteiger partial charge in [-0.15, -0.1) is 0 Å². The molecule has 0 saturated heterocycles. The van der Waals surface area contributed by atoms with Crippen LogP contribution in [0, 0.1) is 0 Å². The SMILES string of the molecule is CC1(c2cnsc2)CCC(Br)C1. The van der Waals surface area contributed by atoms with E-state index in [4.69, 9.17) is 0 Å². The summed E-state index contributed by atoms with van der Waals surface area (Å²) < 4.78 is 4.16. The van der Waals surface area contributed by atoms with E-state index >= 15 is 0 Å². The fourth-order valence-corrected chi connectivity index (χ4v) is 3.57. The van der Waals surface area contributed by atoms with E-state index in [-0.39, 0.29) is 0 Å². The maximum absolute atomic E-state index is 4.16. The smallest absolute Gasteiger partial charge is 0.0444 e. The molecule has 3 heteroatoms. The van der Waals surface area contributed by atoms with E-state index in [1.165, 1.54) is 24.8 Å². The average molecular weight is 246 g/mol. The Bertz CT molecular complexity index is 260. The number of nitrogens with zero attached hydrogens (tertiary/aromatic N) is 1. The van der Waals surface area contributed by atoms with Gasteiger partial charge in [-0.05, 0) is 41.8 Å². The lowest BCUT2D eigenvalue weighted by Gasteiger charge is -2.21. The number of hydrogen-bond donors (Lipinski definition) is 0. The van der Waals surface area contributed by atoms with E-state index < -0.39 is 0 Å². The molecule has 2 atom stereocenters. The van der Waals surface area contributed by atoms with Gasteiger partial charge in [0.15, 0.2) is 0 Å². The van der Waals surface area contributed by atoms with E-state index in [2.05, 4.69) is 32.6 Å². The molecule has 0 aromatic carbocycles. The summed E-state index contributed by atoms with van der Waals surface area (Å²) in [5.41, 5.74) is 1.82. The summed E-state index contributed by atoms with van der Waals surface area (Å²) in [5.74, 6) is 0. The predicted octanol–water partition coefficient (Wildman–Crippen LogP) is 3.35. The Kier molecular flexibility index (Phi) is 2.25. The first-order valence-electron chi connectivity index (χ1n) is 4.25. The number of alkyl halides is 1. The molecule has 0 radical (unpaired) electrons. The van der Waals surface area contributed by atoms with Gasteiger partial charge in [0.2, 0.25) is 0 Å². The third-order valence-corrected chi connectivity index (χ3v) is 4.18. The molecule has 2 unspecified atom stereocenters. The van der Waals surface area contributed by atoms with Gasteiger partial charge in [-0.25, -0.2) is 4.37 Å². The van der Waals surface area contributed by atoms with Crippen molar-refractivity contribution in [1.29, 1.82) is 0 Å². The fourth-order valence-electron chi connectivity index (χ4n) is 1.93. The van der Waals surface area contributed by atoms with Crippen molar-refractivity contribution in [1.82, 2.24) is 4.37 Å². The Balaban J connectivity index is 2.23. The first kappa shape index (κ1) is 8.70. The third-order valence-electron chi connectivity index (χ3n) is 2.81. The summed E-state index contributed by atoms with van der Waals surface area (Å²) in [6.45, 7) is 2.35. The normalized spacial score (nSPS) is 35.7. The Labute approximate surface area is 85.5 Å². The van der Waals surface area contributed by atoms with E-state index in [0.29, 0.717) is 10.2 Å². The van der Waals surface area contributed by atoms with Crippen LogP contribution in [0.5, 0.6) is 0 Å². The number of aromatic nitrogens is 1. The zero-order valence-electron chi connectivity index (χ0n) is 7.09. The number of rotatable bonds is 1. The maximum atomic E-state index is 4.16. The second-order valence-corrected chi connectivity index (χ2v) is 5.77. The predicted molar refractivity (Wildman–Crippen MR) is 56.0 cm³/mol. The highest BCUT2D eigenvalue weighted by Crippen LogP contribution is 2.43. The van der Waals surface area contributed by atoms with Crippen molar-refractivity contribution in [2.45, 2.75) is 36.4 Å². The number of halogens is 1. The lowest BCUT2D eigenvalue weighted by Crippen LogP contribution is -2.16. The zero-order chi connectivity index (χ0) is 8.60. The topological polar surface area (TPSA) is 12.9 Å². The van der Waals surface area contributed by atoms with Gasteiger partial charge in [-0.1, -0.05) is 22.9 Å². The van der Waals surface area contributed by atoms with Crippen LogP contribution in [0.4, 0.5) is 0 Å². The van der Waals surface area contributed by atoms with Gasteiger partial charge in [0.05, 0.1) is 0 Å². The summed E-state index contributed by atoms with van der Waals surface area (Å²) in [6.07, 6.45) is 5.87. The lowest BCUT2D eigenvalue weighted by atomic mass is 9.83. The van der Waals surface area contributed by atoms with E-state index in [0.717, 1.165) is 0 Å². The van der Waals surface area contributed by atoms with Crippen LogP contribution in [-0.2, 0) is 5.41 Å². The van der Waals surface area contributed by atoms with Crippen LogP contribution in [-0.4, -0.2) is 9.20 Å². The monoisotopic (exact) mass is 245 g/mol. The molecule has 2 rings (SSSR count). The molecule has 1 fully saturated rings. The van der Waals surface area contributed by atoms with Gasteiger partial charge in [-0.3, -0.25) is 0 Å². The molecule has 1 nitrogen and oxygen atoms in total. The van der Waals surface area contributed by atoms with Crippen LogP contribution < -0.4 is 0 Å². The molecule has 1 saturated carbocycles. The molecule has 1 aliphatic carbocycles. The van der Waals surface area contributed by atoms with Gasteiger partial charge in [-0.2, -0.15) is 0 Å². The summed E-state index contributed by atoms with van der Waals surface area (Å²) in [4.78, 5) is 0.711. The minimum absolute atomic E-state index is 0.390. The summed E-state index contributed by atoms with van der Waals surface area (Å²) in [7, 11) is 0. The molecular formula is C9H12BrNS. The second kappa shape index (κ2) is 3.11. The second-order valence-electron chi connectivity index (χ2n) is 3.81. The molecule has 1 aromatic heterocycles. The lowest BCUT2D eigenvalue weighted by molar-refractivity contribution is 0.494. The Morgan fingerprint density at radius 1 is 1.75 bits per heavy atom. The van der Waals surface area contributed by atoms with Crippen LogP contribution in [0.15, 0.2) is 11.6 Å². The highest BCUT2D eigenvalue weighted by atomic mass is 79.9. The Hall–Kier alpha value is 0.110. The molecule has 1 aliphatic rings. The maximum Gasteiger partial charge on any atom is 0.0444 e. The highest BCUT2D eigenvalue weighted by molar-refractivity contribution is 9.09. The molecule has 0 aliphatic heterocycles. The highest BCUT2D eigenvalue weighted by Gasteiger charge is 2.35. The first-order valence-corrected chi connectivity index (χ1v) is 6.00. The van der Waals surface area contributed by atoms with Crippen LogP contribution >= 0.6 is 27.5 Å².